The van der Waals surface area contributed by atoms with Gasteiger partial charge in [-0.25, -0.2) is 14.6 Å². The van der Waals surface area contributed by atoms with Gasteiger partial charge < -0.3 is 14.7 Å². The predicted octanol–water partition coefficient (Wildman–Crippen LogP) is 4.74. The molecule has 2 aliphatic rings. The lowest BCUT2D eigenvalue weighted by molar-refractivity contribution is 0.0263. The first-order valence-corrected chi connectivity index (χ1v) is 12.9. The highest BCUT2D eigenvalue weighted by atomic mass is 16.5. The van der Waals surface area contributed by atoms with E-state index in [4.69, 9.17) is 4.74 Å². The number of hydrogen-bond acceptors (Lipinski definition) is 7. The molecule has 3 heterocycles. The maximum absolute atomic E-state index is 10.4. The number of ether oxygens (including phenoxy) is 1. The molecule has 2 aromatic heterocycles. The minimum Gasteiger partial charge on any atom is -0.486 e. The normalized spacial score (nSPS) is 19.6. The smallest absolute Gasteiger partial charge is 0.159 e. The molecule has 0 amide bonds. The molecule has 6 rings (SSSR count). The molecule has 1 aliphatic carbocycles. The fourth-order valence-electron chi connectivity index (χ4n) is 5.62. The highest BCUT2D eigenvalue weighted by Crippen LogP contribution is 2.36. The topological polar surface area (TPSA) is 100 Å². The summed E-state index contributed by atoms with van der Waals surface area (Å²) < 4.78 is 8.30. The number of anilines is 1. The first-order valence-electron chi connectivity index (χ1n) is 12.9. The maximum atomic E-state index is 10.4. The number of nitrogens with zero attached hydrogens (tertiary/aromatic N) is 6. The first-order chi connectivity index (χ1) is 17.9. The summed E-state index contributed by atoms with van der Waals surface area (Å²) in [6, 6.07) is 16.2. The molecule has 1 fully saturated rings. The molecule has 1 unspecified atom stereocenters. The average Bonchev–Trinajstić information content (AvgIpc) is 3.56. The van der Waals surface area contributed by atoms with E-state index in [1.807, 2.05) is 61.1 Å². The highest BCUT2D eigenvalue weighted by Gasteiger charge is 2.34. The van der Waals surface area contributed by atoms with Crippen LogP contribution < -0.4 is 9.64 Å². The molecule has 0 bridgehead atoms. The Labute approximate surface area is 216 Å². The molecule has 1 N–H and O–H groups in total. The van der Waals surface area contributed by atoms with Crippen LogP contribution in [0.4, 0.5) is 5.82 Å². The standard InChI is InChI=1S/C29H30N6O2/c1-29(2,36)21-11-12-34(17-21)27-14-28(32-18-31-27)35-25-13-22(10-9-20(25)16-33-35)37-26-8-4-6-23-19(15-30)5-3-7-24(23)26/h3,5,7,9-10,13-14,16,18,21,26,36H,4,6,8,11-12,17H2,1-2H3/t21-,26?/m1/s1. The fraction of sp³-hybridized carbons (Fsp3) is 0.379. The molecule has 0 saturated carbocycles. The highest BCUT2D eigenvalue weighted by molar-refractivity contribution is 5.81. The van der Waals surface area contributed by atoms with Crippen molar-refractivity contribution < 1.29 is 9.84 Å². The van der Waals surface area contributed by atoms with E-state index in [-0.39, 0.29) is 12.0 Å². The van der Waals surface area contributed by atoms with Crippen molar-refractivity contribution >= 4 is 16.7 Å². The van der Waals surface area contributed by atoms with Gasteiger partial charge in [-0.1, -0.05) is 12.1 Å². The molecule has 1 aliphatic heterocycles. The summed E-state index contributed by atoms with van der Waals surface area (Å²) in [5, 5.41) is 25.5. The molecule has 8 heteroatoms. The van der Waals surface area contributed by atoms with Crippen molar-refractivity contribution in [2.45, 2.75) is 51.2 Å². The molecule has 1 saturated heterocycles. The minimum absolute atomic E-state index is 0.0876. The number of aromatic nitrogens is 4. The van der Waals surface area contributed by atoms with Crippen molar-refractivity contribution in [1.29, 1.82) is 5.26 Å². The van der Waals surface area contributed by atoms with Crippen LogP contribution in [0.5, 0.6) is 5.75 Å². The molecule has 8 nitrogen and oxygen atoms in total. The van der Waals surface area contributed by atoms with Gasteiger partial charge in [0.05, 0.1) is 28.9 Å². The predicted molar refractivity (Wildman–Crippen MR) is 141 cm³/mol. The van der Waals surface area contributed by atoms with Gasteiger partial charge in [-0.05, 0) is 68.9 Å². The fourth-order valence-corrected chi connectivity index (χ4v) is 5.62. The molecule has 0 radical (unpaired) electrons. The van der Waals surface area contributed by atoms with E-state index in [2.05, 4.69) is 32.1 Å². The van der Waals surface area contributed by atoms with Crippen molar-refractivity contribution in [1.82, 2.24) is 19.7 Å². The van der Waals surface area contributed by atoms with Gasteiger partial charge in [-0.2, -0.15) is 10.4 Å². The third-order valence-electron chi connectivity index (χ3n) is 7.76. The zero-order valence-corrected chi connectivity index (χ0v) is 21.1. The summed E-state index contributed by atoms with van der Waals surface area (Å²) in [6.07, 6.45) is 7.05. The molecular weight excluding hydrogens is 464 g/mol. The van der Waals surface area contributed by atoms with Crippen LogP contribution in [0.3, 0.4) is 0 Å². The average molecular weight is 495 g/mol. The Morgan fingerprint density at radius 2 is 1.97 bits per heavy atom. The number of hydrogen-bond donors (Lipinski definition) is 1. The van der Waals surface area contributed by atoms with Crippen LogP contribution in [-0.2, 0) is 6.42 Å². The summed E-state index contributed by atoms with van der Waals surface area (Å²) in [5.74, 6) is 2.48. The Kier molecular flexibility index (Phi) is 5.81. The van der Waals surface area contributed by atoms with E-state index in [1.54, 1.807) is 6.33 Å². The molecule has 2 atom stereocenters. The molecule has 188 valence electrons. The second-order valence-corrected chi connectivity index (χ2v) is 10.6. The Hall–Kier alpha value is -3.96. The Balaban J connectivity index is 1.28. The summed E-state index contributed by atoms with van der Waals surface area (Å²) in [5.41, 5.74) is 3.14. The van der Waals surface area contributed by atoms with Crippen molar-refractivity contribution in [3.63, 3.8) is 0 Å². The largest absolute Gasteiger partial charge is 0.486 e. The number of benzene rings is 2. The minimum atomic E-state index is -0.714. The number of aliphatic hydroxyl groups is 1. The van der Waals surface area contributed by atoms with Crippen LogP contribution >= 0.6 is 0 Å². The molecule has 2 aromatic carbocycles. The lowest BCUT2D eigenvalue weighted by Gasteiger charge is -2.27. The third-order valence-corrected chi connectivity index (χ3v) is 7.76. The van der Waals surface area contributed by atoms with E-state index < -0.39 is 5.60 Å². The van der Waals surface area contributed by atoms with Gasteiger partial charge in [0.15, 0.2) is 5.82 Å². The third kappa shape index (κ3) is 4.40. The molecule has 4 aromatic rings. The zero-order valence-electron chi connectivity index (χ0n) is 21.1. The van der Waals surface area contributed by atoms with E-state index in [9.17, 15) is 10.4 Å². The monoisotopic (exact) mass is 494 g/mol. The number of nitriles is 1. The van der Waals surface area contributed by atoms with Crippen LogP contribution in [0.1, 0.15) is 55.9 Å². The lowest BCUT2D eigenvalue weighted by atomic mass is 9.86. The zero-order chi connectivity index (χ0) is 25.6. The van der Waals surface area contributed by atoms with Crippen molar-refractivity contribution in [3.8, 4) is 17.6 Å². The Bertz CT molecular complexity index is 1500. The molecular formula is C29H30N6O2. The summed E-state index contributed by atoms with van der Waals surface area (Å²) >= 11 is 0. The van der Waals surface area contributed by atoms with Gasteiger partial charge in [0, 0.05) is 36.5 Å². The first kappa shape index (κ1) is 23.4. The van der Waals surface area contributed by atoms with E-state index in [1.165, 1.54) is 0 Å². The van der Waals surface area contributed by atoms with Crippen molar-refractivity contribution in [2.24, 2.45) is 5.92 Å². The van der Waals surface area contributed by atoms with E-state index in [0.717, 1.165) is 77.9 Å². The second kappa shape index (κ2) is 9.16. The van der Waals surface area contributed by atoms with Crippen LogP contribution in [0.2, 0.25) is 0 Å². The van der Waals surface area contributed by atoms with Crippen molar-refractivity contribution in [2.75, 3.05) is 18.0 Å². The van der Waals surface area contributed by atoms with Crippen LogP contribution in [0.25, 0.3) is 16.7 Å². The summed E-state index contributed by atoms with van der Waals surface area (Å²) in [4.78, 5) is 11.2. The van der Waals surface area contributed by atoms with Gasteiger partial charge in [0.25, 0.3) is 0 Å². The van der Waals surface area contributed by atoms with Crippen molar-refractivity contribution in [3.05, 3.63) is 71.7 Å². The van der Waals surface area contributed by atoms with Crippen LogP contribution in [0, 0.1) is 17.2 Å². The molecule has 0 spiro atoms. The Morgan fingerprint density at radius 3 is 2.78 bits per heavy atom. The van der Waals surface area contributed by atoms with Gasteiger partial charge >= 0.3 is 0 Å². The lowest BCUT2D eigenvalue weighted by Crippen LogP contribution is -2.33. The van der Waals surface area contributed by atoms with Gasteiger partial charge in [0.1, 0.15) is 24.0 Å². The second-order valence-electron chi connectivity index (χ2n) is 10.6. The quantitative estimate of drug-likeness (QED) is 0.428. The maximum Gasteiger partial charge on any atom is 0.159 e. The SMILES string of the molecule is CC(C)(O)[C@@H]1CCN(c2cc(-n3ncc4ccc(OC5CCCc6c(C#N)cccc65)cc43)ncn2)C1. The van der Waals surface area contributed by atoms with Crippen LogP contribution in [-0.4, -0.2) is 43.5 Å². The summed E-state index contributed by atoms with van der Waals surface area (Å²) in [6.45, 7) is 5.35. The number of rotatable bonds is 5. The molecule has 37 heavy (non-hydrogen) atoms. The number of fused-ring (bicyclic) bond motifs is 2. The Morgan fingerprint density at radius 1 is 1.11 bits per heavy atom. The van der Waals surface area contributed by atoms with Gasteiger partial charge in [-0.3, -0.25) is 0 Å². The van der Waals surface area contributed by atoms with Gasteiger partial charge in [0.2, 0.25) is 0 Å². The van der Waals surface area contributed by atoms with E-state index >= 15 is 0 Å². The van der Waals surface area contributed by atoms with Crippen LogP contribution in [0.15, 0.2) is 55.0 Å². The van der Waals surface area contributed by atoms with E-state index in [0.29, 0.717) is 5.82 Å². The summed E-state index contributed by atoms with van der Waals surface area (Å²) in [7, 11) is 0. The van der Waals surface area contributed by atoms with Gasteiger partial charge in [-0.15, -0.1) is 0 Å².